The summed E-state index contributed by atoms with van der Waals surface area (Å²) < 4.78 is 11.4. The van der Waals surface area contributed by atoms with Gasteiger partial charge >= 0.3 is 0 Å². The van der Waals surface area contributed by atoms with Crippen molar-refractivity contribution in [2.24, 2.45) is 0 Å². The lowest BCUT2D eigenvalue weighted by atomic mass is 10.2. The van der Waals surface area contributed by atoms with E-state index >= 15 is 0 Å². The molecule has 1 aromatic rings. The number of hydrogen-bond acceptors (Lipinski definition) is 4. The molecule has 0 aliphatic carbocycles. The zero-order valence-electron chi connectivity index (χ0n) is 12.9. The van der Waals surface area contributed by atoms with Crippen molar-refractivity contribution in [2.45, 2.75) is 31.5 Å². The Kier molecular flexibility index (Phi) is 5.29. The number of rotatable bonds is 6. The van der Waals surface area contributed by atoms with Crippen LogP contribution >= 0.6 is 0 Å². The third kappa shape index (κ3) is 4.45. The Balaban J connectivity index is 1.36. The first kappa shape index (κ1) is 15.3. The van der Waals surface area contributed by atoms with Crippen LogP contribution in [0.3, 0.4) is 0 Å². The van der Waals surface area contributed by atoms with Crippen molar-refractivity contribution in [1.82, 2.24) is 10.2 Å². The summed E-state index contributed by atoms with van der Waals surface area (Å²) in [6.45, 7) is 3.62. The predicted octanol–water partition coefficient (Wildman–Crippen LogP) is 1.43. The first-order valence-electron chi connectivity index (χ1n) is 8.12. The second-order valence-corrected chi connectivity index (χ2v) is 6.02. The Morgan fingerprint density at radius 3 is 2.95 bits per heavy atom. The van der Waals surface area contributed by atoms with Crippen molar-refractivity contribution in [1.29, 1.82) is 0 Å². The van der Waals surface area contributed by atoms with E-state index in [9.17, 15) is 4.79 Å². The number of para-hydroxylation sites is 1. The van der Waals surface area contributed by atoms with Gasteiger partial charge in [-0.15, -0.1) is 0 Å². The minimum absolute atomic E-state index is 0.0795. The first-order valence-corrected chi connectivity index (χ1v) is 8.12. The molecule has 5 heteroatoms. The molecule has 2 fully saturated rings. The number of amides is 1. The van der Waals surface area contributed by atoms with E-state index in [4.69, 9.17) is 9.47 Å². The normalized spacial score (nSPS) is 25.3. The van der Waals surface area contributed by atoms with Gasteiger partial charge in [0, 0.05) is 26.2 Å². The molecule has 22 heavy (non-hydrogen) atoms. The molecule has 2 atom stereocenters. The van der Waals surface area contributed by atoms with Crippen LogP contribution in [0.1, 0.15) is 19.3 Å². The molecule has 1 amide bonds. The zero-order chi connectivity index (χ0) is 15.2. The van der Waals surface area contributed by atoms with Gasteiger partial charge < -0.3 is 14.8 Å². The summed E-state index contributed by atoms with van der Waals surface area (Å²) in [6.07, 6.45) is 3.50. The summed E-state index contributed by atoms with van der Waals surface area (Å²) in [7, 11) is 0. The van der Waals surface area contributed by atoms with E-state index in [0.29, 0.717) is 13.1 Å². The van der Waals surface area contributed by atoms with Crippen LogP contribution in [0, 0.1) is 0 Å². The van der Waals surface area contributed by atoms with Gasteiger partial charge in [-0.2, -0.15) is 0 Å². The average molecular weight is 304 g/mol. The van der Waals surface area contributed by atoms with Crippen LogP contribution in [-0.4, -0.2) is 55.8 Å². The highest BCUT2D eigenvalue weighted by molar-refractivity contribution is 5.78. The van der Waals surface area contributed by atoms with Gasteiger partial charge in [0.2, 0.25) is 5.91 Å². The fraction of sp³-hybridized carbons (Fsp3) is 0.588. The zero-order valence-corrected chi connectivity index (χ0v) is 12.9. The second kappa shape index (κ2) is 7.61. The lowest BCUT2D eigenvalue weighted by Gasteiger charge is -2.17. The fourth-order valence-corrected chi connectivity index (χ4v) is 3.02. The Morgan fingerprint density at radius 1 is 1.32 bits per heavy atom. The molecule has 2 heterocycles. The summed E-state index contributed by atoms with van der Waals surface area (Å²) in [4.78, 5) is 14.1. The topological polar surface area (TPSA) is 50.8 Å². The maximum absolute atomic E-state index is 12.0. The van der Waals surface area contributed by atoms with Gasteiger partial charge in [-0.1, -0.05) is 18.2 Å². The quantitative estimate of drug-likeness (QED) is 0.864. The Morgan fingerprint density at radius 2 is 2.18 bits per heavy atom. The van der Waals surface area contributed by atoms with Crippen LogP contribution in [0.2, 0.25) is 0 Å². The van der Waals surface area contributed by atoms with Gasteiger partial charge in [-0.25, -0.2) is 0 Å². The first-order chi connectivity index (χ1) is 10.8. The molecule has 2 saturated heterocycles. The Labute approximate surface area is 131 Å². The van der Waals surface area contributed by atoms with E-state index in [1.54, 1.807) is 0 Å². The molecule has 0 aromatic heterocycles. The molecule has 0 unspecified atom stereocenters. The summed E-state index contributed by atoms with van der Waals surface area (Å²) in [5.41, 5.74) is 0. The molecule has 2 aliphatic heterocycles. The summed E-state index contributed by atoms with van der Waals surface area (Å²) in [5.74, 6) is 0.980. The highest BCUT2D eigenvalue weighted by Gasteiger charge is 2.25. The second-order valence-electron chi connectivity index (χ2n) is 6.02. The average Bonchev–Trinajstić information content (AvgIpc) is 3.18. The van der Waals surface area contributed by atoms with Gasteiger partial charge in [0.05, 0.1) is 12.6 Å². The van der Waals surface area contributed by atoms with Gasteiger partial charge in [0.25, 0.3) is 0 Å². The number of hydrogen-bond donors (Lipinski definition) is 1. The van der Waals surface area contributed by atoms with Gasteiger partial charge in [0.15, 0.2) is 0 Å². The molecular weight excluding hydrogens is 280 g/mol. The number of ether oxygens (including phenoxy) is 2. The standard InChI is InChI=1S/C17H24N2O3/c20-17(18-11-15-7-4-10-21-15)13-19-9-8-16(12-19)22-14-5-2-1-3-6-14/h1-3,5-6,15-16H,4,7-13H2,(H,18,20)/t15-,16-/m1/s1. The third-order valence-electron chi connectivity index (χ3n) is 4.19. The van der Waals surface area contributed by atoms with Crippen LogP contribution < -0.4 is 10.1 Å². The highest BCUT2D eigenvalue weighted by Crippen LogP contribution is 2.17. The minimum Gasteiger partial charge on any atom is -0.489 e. The predicted molar refractivity (Wildman–Crippen MR) is 83.9 cm³/mol. The highest BCUT2D eigenvalue weighted by atomic mass is 16.5. The van der Waals surface area contributed by atoms with Crippen molar-refractivity contribution in [3.05, 3.63) is 30.3 Å². The number of likely N-dealkylation sites (tertiary alicyclic amines) is 1. The molecule has 1 N–H and O–H groups in total. The van der Waals surface area contributed by atoms with Crippen LogP contribution in [0.15, 0.2) is 30.3 Å². The smallest absolute Gasteiger partial charge is 0.234 e. The van der Waals surface area contributed by atoms with Crippen LogP contribution in [0.25, 0.3) is 0 Å². The van der Waals surface area contributed by atoms with Crippen molar-refractivity contribution in [3.8, 4) is 5.75 Å². The molecule has 120 valence electrons. The largest absolute Gasteiger partial charge is 0.489 e. The molecular formula is C17H24N2O3. The van der Waals surface area contributed by atoms with Crippen LogP contribution in [-0.2, 0) is 9.53 Å². The number of benzene rings is 1. The number of carbonyl (C=O) groups excluding carboxylic acids is 1. The number of carbonyl (C=O) groups is 1. The molecule has 1 aromatic carbocycles. The van der Waals surface area contributed by atoms with E-state index in [1.807, 2.05) is 30.3 Å². The number of nitrogens with one attached hydrogen (secondary N) is 1. The van der Waals surface area contributed by atoms with E-state index in [2.05, 4.69) is 10.2 Å². The van der Waals surface area contributed by atoms with Crippen LogP contribution in [0.5, 0.6) is 5.75 Å². The van der Waals surface area contributed by atoms with Crippen molar-refractivity contribution in [2.75, 3.05) is 32.8 Å². The SMILES string of the molecule is O=C(CN1CC[C@@H](Oc2ccccc2)C1)NC[C@H]1CCCO1. The fourth-order valence-electron chi connectivity index (χ4n) is 3.02. The van der Waals surface area contributed by atoms with Crippen LogP contribution in [0.4, 0.5) is 0 Å². The summed E-state index contributed by atoms with van der Waals surface area (Å²) in [6, 6.07) is 9.86. The van der Waals surface area contributed by atoms with E-state index in [0.717, 1.165) is 44.7 Å². The Hall–Kier alpha value is -1.59. The lowest BCUT2D eigenvalue weighted by molar-refractivity contribution is -0.122. The lowest BCUT2D eigenvalue weighted by Crippen LogP contribution is -2.39. The molecule has 0 radical (unpaired) electrons. The minimum atomic E-state index is 0.0795. The van der Waals surface area contributed by atoms with Crippen molar-refractivity contribution in [3.63, 3.8) is 0 Å². The van der Waals surface area contributed by atoms with Crippen molar-refractivity contribution >= 4 is 5.91 Å². The summed E-state index contributed by atoms with van der Waals surface area (Å²) >= 11 is 0. The van der Waals surface area contributed by atoms with E-state index in [1.165, 1.54) is 0 Å². The number of nitrogens with zero attached hydrogens (tertiary/aromatic N) is 1. The molecule has 2 aliphatic rings. The van der Waals surface area contributed by atoms with Gasteiger partial charge in [0.1, 0.15) is 11.9 Å². The van der Waals surface area contributed by atoms with Gasteiger partial charge in [-0.05, 0) is 31.4 Å². The molecule has 0 bridgehead atoms. The molecule has 3 rings (SSSR count). The molecule has 0 saturated carbocycles. The summed E-state index contributed by atoms with van der Waals surface area (Å²) in [5, 5.41) is 2.97. The van der Waals surface area contributed by atoms with E-state index in [-0.39, 0.29) is 18.1 Å². The Bertz CT molecular complexity index is 474. The van der Waals surface area contributed by atoms with E-state index < -0.39 is 0 Å². The third-order valence-corrected chi connectivity index (χ3v) is 4.19. The molecule has 0 spiro atoms. The van der Waals surface area contributed by atoms with Gasteiger partial charge in [-0.3, -0.25) is 9.69 Å². The van der Waals surface area contributed by atoms with Crippen molar-refractivity contribution < 1.29 is 14.3 Å². The molecule has 5 nitrogen and oxygen atoms in total. The maximum Gasteiger partial charge on any atom is 0.234 e. The maximum atomic E-state index is 12.0. The monoisotopic (exact) mass is 304 g/mol.